The van der Waals surface area contributed by atoms with Crippen LogP contribution < -0.4 is 11.3 Å². The van der Waals surface area contributed by atoms with Gasteiger partial charge in [0.05, 0.1) is 0 Å². The molecule has 50 valence electrons. The molecule has 0 aromatic heterocycles. The van der Waals surface area contributed by atoms with Crippen molar-refractivity contribution in [3.63, 3.8) is 0 Å². The number of hydrazine groups is 1. The van der Waals surface area contributed by atoms with E-state index in [0.717, 1.165) is 13.0 Å². The quantitative estimate of drug-likeness (QED) is 0.269. The van der Waals surface area contributed by atoms with Crippen LogP contribution in [-0.2, 0) is 0 Å². The smallest absolute Gasteiger partial charge is 0.300 e. The monoisotopic (exact) mass is 127 g/mol. The minimum atomic E-state index is -0.247. The second-order valence-corrected chi connectivity index (χ2v) is 1.82. The lowest BCUT2D eigenvalue weighted by atomic mass is 10.5. The minimum Gasteiger partial charge on any atom is -0.300 e. The van der Waals surface area contributed by atoms with Crippen LogP contribution in [0.1, 0.15) is 6.42 Å². The zero-order valence-corrected chi connectivity index (χ0v) is 5.00. The largest absolute Gasteiger partial charge is 0.335 e. The van der Waals surface area contributed by atoms with Crippen molar-refractivity contribution in [3.8, 4) is 0 Å². The SMILES string of the molecule is NNC(=O)N1C=CCC1. The van der Waals surface area contributed by atoms with Crippen molar-refractivity contribution in [2.24, 2.45) is 5.84 Å². The van der Waals surface area contributed by atoms with Gasteiger partial charge >= 0.3 is 6.03 Å². The molecule has 1 heterocycles. The third-order valence-electron chi connectivity index (χ3n) is 1.21. The lowest BCUT2D eigenvalue weighted by molar-refractivity contribution is 0.218. The maximum absolute atomic E-state index is 10.7. The molecule has 0 saturated carbocycles. The first-order valence-electron chi connectivity index (χ1n) is 2.78. The summed E-state index contributed by atoms with van der Waals surface area (Å²) in [5, 5.41) is 0. The molecule has 1 aliphatic heterocycles. The summed E-state index contributed by atoms with van der Waals surface area (Å²) in [5.41, 5.74) is 2.04. The maximum Gasteiger partial charge on any atom is 0.335 e. The third-order valence-corrected chi connectivity index (χ3v) is 1.21. The Balaban J connectivity index is 2.43. The molecule has 3 N–H and O–H groups in total. The Kier molecular flexibility index (Phi) is 1.69. The highest BCUT2D eigenvalue weighted by Gasteiger charge is 2.10. The molecule has 0 bridgehead atoms. The van der Waals surface area contributed by atoms with Crippen LogP contribution in [0.3, 0.4) is 0 Å². The summed E-state index contributed by atoms with van der Waals surface area (Å²) in [6.45, 7) is 0.739. The van der Waals surface area contributed by atoms with Crippen LogP contribution in [0.5, 0.6) is 0 Å². The average Bonchev–Trinajstić information content (AvgIpc) is 2.37. The van der Waals surface area contributed by atoms with Gasteiger partial charge in [0.15, 0.2) is 0 Å². The second-order valence-electron chi connectivity index (χ2n) is 1.82. The van der Waals surface area contributed by atoms with E-state index in [1.807, 2.05) is 11.5 Å². The van der Waals surface area contributed by atoms with Gasteiger partial charge < -0.3 is 4.90 Å². The van der Waals surface area contributed by atoms with Crippen molar-refractivity contribution < 1.29 is 4.79 Å². The molecule has 0 aromatic rings. The van der Waals surface area contributed by atoms with Crippen LogP contribution in [-0.4, -0.2) is 17.5 Å². The Morgan fingerprint density at radius 1 is 1.78 bits per heavy atom. The Morgan fingerprint density at radius 3 is 3.00 bits per heavy atom. The topological polar surface area (TPSA) is 58.4 Å². The van der Waals surface area contributed by atoms with E-state index in [2.05, 4.69) is 0 Å². The number of carbonyl (C=O) groups excluding carboxylic acids is 1. The number of amides is 2. The number of carbonyl (C=O) groups is 1. The Hall–Kier alpha value is -1.03. The van der Waals surface area contributed by atoms with E-state index < -0.39 is 0 Å². The van der Waals surface area contributed by atoms with Gasteiger partial charge in [-0.2, -0.15) is 0 Å². The maximum atomic E-state index is 10.7. The molecule has 4 heteroatoms. The van der Waals surface area contributed by atoms with Crippen LogP contribution in [0.25, 0.3) is 0 Å². The van der Waals surface area contributed by atoms with Gasteiger partial charge in [-0.3, -0.25) is 5.43 Å². The summed E-state index contributed by atoms with van der Waals surface area (Å²) < 4.78 is 0. The summed E-state index contributed by atoms with van der Waals surface area (Å²) in [4.78, 5) is 12.2. The molecular formula is C5H9N3O. The van der Waals surface area contributed by atoms with Gasteiger partial charge in [0.1, 0.15) is 0 Å². The molecule has 0 aliphatic carbocycles. The number of hydrogen-bond acceptors (Lipinski definition) is 2. The lowest BCUT2D eigenvalue weighted by Crippen LogP contribution is -2.39. The van der Waals surface area contributed by atoms with Crippen molar-refractivity contribution >= 4 is 6.03 Å². The fraction of sp³-hybridized carbons (Fsp3) is 0.400. The predicted molar refractivity (Wildman–Crippen MR) is 33.2 cm³/mol. The van der Waals surface area contributed by atoms with Gasteiger partial charge in [-0.05, 0) is 6.42 Å². The average molecular weight is 127 g/mol. The first-order chi connectivity index (χ1) is 4.34. The number of nitrogens with one attached hydrogen (secondary N) is 1. The molecule has 2 amide bonds. The van der Waals surface area contributed by atoms with Gasteiger partial charge in [-0.15, -0.1) is 0 Å². The standard InChI is InChI=1S/C5H9N3O/c6-7-5(9)8-3-1-2-4-8/h1,3H,2,4,6H2,(H,7,9). The highest BCUT2D eigenvalue weighted by Crippen LogP contribution is 2.02. The normalized spacial score (nSPS) is 16.3. The van der Waals surface area contributed by atoms with E-state index in [9.17, 15) is 4.79 Å². The van der Waals surface area contributed by atoms with Crippen molar-refractivity contribution in [3.05, 3.63) is 12.3 Å². The molecule has 9 heavy (non-hydrogen) atoms. The van der Waals surface area contributed by atoms with Gasteiger partial charge in [-0.25, -0.2) is 10.6 Å². The molecule has 0 fully saturated rings. The number of rotatable bonds is 0. The zero-order valence-electron chi connectivity index (χ0n) is 5.00. The molecule has 0 saturated heterocycles. The first-order valence-corrected chi connectivity index (χ1v) is 2.78. The van der Waals surface area contributed by atoms with Crippen LogP contribution in [0, 0.1) is 0 Å². The van der Waals surface area contributed by atoms with E-state index in [1.165, 1.54) is 4.90 Å². The van der Waals surface area contributed by atoms with Crippen LogP contribution >= 0.6 is 0 Å². The Bertz CT molecular complexity index is 143. The summed E-state index contributed by atoms with van der Waals surface area (Å²) in [6.07, 6.45) is 4.57. The van der Waals surface area contributed by atoms with E-state index in [0.29, 0.717) is 0 Å². The molecular weight excluding hydrogens is 118 g/mol. The Morgan fingerprint density at radius 2 is 2.56 bits per heavy atom. The summed E-state index contributed by atoms with van der Waals surface area (Å²) in [6, 6.07) is -0.247. The van der Waals surface area contributed by atoms with E-state index in [1.54, 1.807) is 6.20 Å². The fourth-order valence-corrected chi connectivity index (χ4v) is 0.742. The summed E-state index contributed by atoms with van der Waals surface area (Å²) >= 11 is 0. The van der Waals surface area contributed by atoms with Gasteiger partial charge in [-0.1, -0.05) is 6.08 Å². The summed E-state index contributed by atoms with van der Waals surface area (Å²) in [5.74, 6) is 4.88. The van der Waals surface area contributed by atoms with Gasteiger partial charge in [0, 0.05) is 12.7 Å². The van der Waals surface area contributed by atoms with Crippen molar-refractivity contribution in [2.45, 2.75) is 6.42 Å². The number of urea groups is 1. The van der Waals surface area contributed by atoms with Crippen LogP contribution in [0.2, 0.25) is 0 Å². The number of hydrogen-bond donors (Lipinski definition) is 2. The number of nitrogens with zero attached hydrogens (tertiary/aromatic N) is 1. The van der Waals surface area contributed by atoms with Crippen LogP contribution in [0.4, 0.5) is 4.79 Å². The van der Waals surface area contributed by atoms with Crippen molar-refractivity contribution in [2.75, 3.05) is 6.54 Å². The zero-order chi connectivity index (χ0) is 6.69. The fourth-order valence-electron chi connectivity index (χ4n) is 0.742. The highest BCUT2D eigenvalue weighted by atomic mass is 16.2. The first kappa shape index (κ1) is 6.10. The molecule has 4 nitrogen and oxygen atoms in total. The second kappa shape index (κ2) is 2.50. The van der Waals surface area contributed by atoms with E-state index >= 15 is 0 Å². The third kappa shape index (κ3) is 1.20. The number of nitrogens with two attached hydrogens (primary N) is 1. The molecule has 0 atom stereocenters. The summed E-state index contributed by atoms with van der Waals surface area (Å²) in [7, 11) is 0. The van der Waals surface area contributed by atoms with Crippen LogP contribution in [0.15, 0.2) is 12.3 Å². The van der Waals surface area contributed by atoms with Gasteiger partial charge in [0.2, 0.25) is 0 Å². The molecule has 1 rings (SSSR count). The van der Waals surface area contributed by atoms with Crippen molar-refractivity contribution in [1.29, 1.82) is 0 Å². The highest BCUT2D eigenvalue weighted by molar-refractivity contribution is 5.74. The molecule has 0 radical (unpaired) electrons. The van der Waals surface area contributed by atoms with Crippen molar-refractivity contribution in [1.82, 2.24) is 10.3 Å². The van der Waals surface area contributed by atoms with E-state index in [4.69, 9.17) is 5.84 Å². The van der Waals surface area contributed by atoms with Gasteiger partial charge in [0.25, 0.3) is 0 Å². The molecule has 1 aliphatic rings. The predicted octanol–water partition coefficient (Wildman–Crippen LogP) is -0.211. The molecule has 0 aromatic carbocycles. The lowest BCUT2D eigenvalue weighted by Gasteiger charge is -2.10. The van der Waals surface area contributed by atoms with E-state index in [-0.39, 0.29) is 6.03 Å². The Labute approximate surface area is 53.3 Å². The molecule has 0 unspecified atom stereocenters. The molecule has 0 spiro atoms. The minimum absolute atomic E-state index is 0.247.